The van der Waals surface area contributed by atoms with Gasteiger partial charge in [0.1, 0.15) is 12.0 Å². The average molecular weight is 257 g/mol. The molecule has 0 radical (unpaired) electrons. The van der Waals surface area contributed by atoms with Crippen LogP contribution in [0.1, 0.15) is 12.5 Å². The van der Waals surface area contributed by atoms with Crippen LogP contribution in [-0.4, -0.2) is 24.7 Å². The van der Waals surface area contributed by atoms with Gasteiger partial charge in [0.15, 0.2) is 11.5 Å². The van der Waals surface area contributed by atoms with Crippen LogP contribution in [-0.2, 0) is 16.0 Å². The standard InChI is InChI=1S/C12H13ClO4/c1-8(17-12(14)6-13)4-9-2-3-10-11(5-9)16-7-15-10/h2-3,5,8H,4,6-7H2,1H3. The molecule has 0 N–H and O–H groups in total. The molecule has 0 fully saturated rings. The second-order valence-electron chi connectivity index (χ2n) is 3.83. The average Bonchev–Trinajstić information content (AvgIpc) is 2.75. The van der Waals surface area contributed by atoms with E-state index in [0.29, 0.717) is 6.42 Å². The van der Waals surface area contributed by atoms with Crippen molar-refractivity contribution >= 4 is 17.6 Å². The molecule has 1 heterocycles. The number of ether oxygens (including phenoxy) is 3. The highest BCUT2D eigenvalue weighted by molar-refractivity contribution is 6.26. The summed E-state index contributed by atoms with van der Waals surface area (Å²) in [5.41, 5.74) is 1.03. The first-order chi connectivity index (χ1) is 8.19. The van der Waals surface area contributed by atoms with Crippen LogP contribution in [0.3, 0.4) is 0 Å². The first-order valence-corrected chi connectivity index (χ1v) is 5.86. The Morgan fingerprint density at radius 2 is 2.24 bits per heavy atom. The number of hydrogen-bond donors (Lipinski definition) is 0. The van der Waals surface area contributed by atoms with E-state index in [-0.39, 0.29) is 18.8 Å². The van der Waals surface area contributed by atoms with Crippen molar-refractivity contribution in [2.24, 2.45) is 0 Å². The minimum atomic E-state index is -0.403. The van der Waals surface area contributed by atoms with Gasteiger partial charge in [0.05, 0.1) is 0 Å². The lowest BCUT2D eigenvalue weighted by molar-refractivity contribution is -0.144. The Morgan fingerprint density at radius 1 is 1.47 bits per heavy atom. The van der Waals surface area contributed by atoms with E-state index in [2.05, 4.69) is 0 Å². The minimum absolute atomic E-state index is 0.120. The van der Waals surface area contributed by atoms with Crippen molar-refractivity contribution in [2.45, 2.75) is 19.4 Å². The van der Waals surface area contributed by atoms with Crippen molar-refractivity contribution in [2.75, 3.05) is 12.7 Å². The molecule has 0 saturated heterocycles. The Hall–Kier alpha value is -1.42. The van der Waals surface area contributed by atoms with Crippen molar-refractivity contribution < 1.29 is 19.0 Å². The highest BCUT2D eigenvalue weighted by Gasteiger charge is 2.15. The lowest BCUT2D eigenvalue weighted by Crippen LogP contribution is -2.17. The fraction of sp³-hybridized carbons (Fsp3) is 0.417. The molecule has 1 aliphatic heterocycles. The maximum Gasteiger partial charge on any atom is 0.321 e. The molecule has 1 unspecified atom stereocenters. The van der Waals surface area contributed by atoms with Crippen molar-refractivity contribution in [1.29, 1.82) is 0 Å². The molecule has 0 aromatic heterocycles. The molecule has 1 atom stereocenters. The smallest absolute Gasteiger partial charge is 0.321 e. The van der Waals surface area contributed by atoms with E-state index >= 15 is 0 Å². The molecule has 0 aliphatic carbocycles. The van der Waals surface area contributed by atoms with Gasteiger partial charge in [-0.2, -0.15) is 0 Å². The van der Waals surface area contributed by atoms with Gasteiger partial charge in [-0.25, -0.2) is 0 Å². The van der Waals surface area contributed by atoms with Gasteiger partial charge in [-0.3, -0.25) is 4.79 Å². The first kappa shape index (κ1) is 12.0. The Bertz CT molecular complexity index is 419. The van der Waals surface area contributed by atoms with Crippen molar-refractivity contribution in [3.8, 4) is 11.5 Å². The van der Waals surface area contributed by atoms with Gasteiger partial charge < -0.3 is 14.2 Å². The van der Waals surface area contributed by atoms with Crippen LogP contribution in [0.5, 0.6) is 11.5 Å². The van der Waals surface area contributed by atoms with Gasteiger partial charge in [0.2, 0.25) is 6.79 Å². The van der Waals surface area contributed by atoms with Gasteiger partial charge in [-0.15, -0.1) is 11.6 Å². The summed E-state index contributed by atoms with van der Waals surface area (Å²) in [6, 6.07) is 5.68. The molecule has 5 heteroatoms. The predicted molar refractivity (Wildman–Crippen MR) is 62.5 cm³/mol. The lowest BCUT2D eigenvalue weighted by Gasteiger charge is -2.12. The van der Waals surface area contributed by atoms with Crippen LogP contribution in [0, 0.1) is 0 Å². The van der Waals surface area contributed by atoms with Gasteiger partial charge >= 0.3 is 5.97 Å². The van der Waals surface area contributed by atoms with Gasteiger partial charge in [0, 0.05) is 6.42 Å². The summed E-state index contributed by atoms with van der Waals surface area (Å²) in [5.74, 6) is 0.961. The largest absolute Gasteiger partial charge is 0.461 e. The molecule has 4 nitrogen and oxygen atoms in total. The summed E-state index contributed by atoms with van der Waals surface area (Å²) in [7, 11) is 0. The third-order valence-corrected chi connectivity index (χ3v) is 2.62. The third-order valence-electron chi connectivity index (χ3n) is 2.40. The zero-order valence-electron chi connectivity index (χ0n) is 9.44. The predicted octanol–water partition coefficient (Wildman–Crippen LogP) is 2.13. The second-order valence-corrected chi connectivity index (χ2v) is 4.09. The van der Waals surface area contributed by atoms with E-state index in [1.54, 1.807) is 0 Å². The van der Waals surface area contributed by atoms with E-state index in [9.17, 15) is 4.79 Å². The van der Waals surface area contributed by atoms with Crippen LogP contribution in [0.15, 0.2) is 18.2 Å². The molecule has 0 amide bonds. The number of benzene rings is 1. The Kier molecular flexibility index (Phi) is 3.74. The van der Waals surface area contributed by atoms with E-state index in [1.807, 2.05) is 25.1 Å². The normalized spacial score (nSPS) is 14.5. The molecule has 0 spiro atoms. The van der Waals surface area contributed by atoms with Crippen molar-refractivity contribution in [3.05, 3.63) is 23.8 Å². The first-order valence-electron chi connectivity index (χ1n) is 5.33. The molecule has 0 bridgehead atoms. The van der Waals surface area contributed by atoms with Crippen molar-refractivity contribution in [1.82, 2.24) is 0 Å². The van der Waals surface area contributed by atoms with Gasteiger partial charge in [0.25, 0.3) is 0 Å². The topological polar surface area (TPSA) is 44.8 Å². The van der Waals surface area contributed by atoms with E-state index < -0.39 is 5.97 Å². The monoisotopic (exact) mass is 256 g/mol. The Labute approximate surface area is 104 Å². The van der Waals surface area contributed by atoms with E-state index in [0.717, 1.165) is 17.1 Å². The second kappa shape index (κ2) is 5.27. The summed E-state index contributed by atoms with van der Waals surface area (Å²) < 4.78 is 15.6. The zero-order valence-corrected chi connectivity index (χ0v) is 10.2. The maximum atomic E-state index is 11.0. The van der Waals surface area contributed by atoms with Crippen molar-refractivity contribution in [3.63, 3.8) is 0 Å². The summed E-state index contributed by atoms with van der Waals surface area (Å²) in [5, 5.41) is 0. The molecule has 17 heavy (non-hydrogen) atoms. The number of esters is 1. The highest BCUT2D eigenvalue weighted by atomic mass is 35.5. The lowest BCUT2D eigenvalue weighted by atomic mass is 10.1. The summed E-state index contributed by atoms with van der Waals surface area (Å²) in [6.07, 6.45) is 0.417. The number of rotatable bonds is 4. The fourth-order valence-corrected chi connectivity index (χ4v) is 1.76. The van der Waals surface area contributed by atoms with Crippen LogP contribution in [0.4, 0.5) is 0 Å². The number of hydrogen-bond acceptors (Lipinski definition) is 4. The number of carbonyl (C=O) groups excluding carboxylic acids is 1. The number of carbonyl (C=O) groups is 1. The molecule has 1 aliphatic rings. The molecule has 2 rings (SSSR count). The summed E-state index contributed by atoms with van der Waals surface area (Å²) >= 11 is 5.36. The number of halogens is 1. The summed E-state index contributed by atoms with van der Waals surface area (Å²) in [4.78, 5) is 11.0. The maximum absolute atomic E-state index is 11.0. The SMILES string of the molecule is CC(Cc1ccc2c(c1)OCO2)OC(=O)CCl. The van der Waals surface area contributed by atoms with Crippen LogP contribution >= 0.6 is 11.6 Å². The fourth-order valence-electron chi connectivity index (χ4n) is 1.70. The molecule has 1 aromatic carbocycles. The molecular weight excluding hydrogens is 244 g/mol. The van der Waals surface area contributed by atoms with E-state index in [4.69, 9.17) is 25.8 Å². The third kappa shape index (κ3) is 3.03. The van der Waals surface area contributed by atoms with Gasteiger partial charge in [-0.05, 0) is 24.6 Å². The number of fused-ring (bicyclic) bond motifs is 1. The summed E-state index contributed by atoms with van der Waals surface area (Å²) in [6.45, 7) is 2.09. The number of alkyl halides is 1. The zero-order chi connectivity index (χ0) is 12.3. The van der Waals surface area contributed by atoms with Crippen LogP contribution < -0.4 is 9.47 Å². The molecule has 0 saturated carbocycles. The Balaban J connectivity index is 1.97. The Morgan fingerprint density at radius 3 is 3.00 bits per heavy atom. The van der Waals surface area contributed by atoms with Crippen LogP contribution in [0.2, 0.25) is 0 Å². The highest BCUT2D eigenvalue weighted by Crippen LogP contribution is 2.32. The molecular formula is C12H13ClO4. The quantitative estimate of drug-likeness (QED) is 0.612. The molecule has 92 valence electrons. The molecule has 1 aromatic rings. The van der Waals surface area contributed by atoms with E-state index in [1.165, 1.54) is 0 Å². The minimum Gasteiger partial charge on any atom is -0.461 e. The van der Waals surface area contributed by atoms with Crippen LogP contribution in [0.25, 0.3) is 0 Å². The van der Waals surface area contributed by atoms with Gasteiger partial charge in [-0.1, -0.05) is 6.07 Å².